The molecule has 2 atom stereocenters. The minimum Gasteiger partial charge on any atom is -0.381 e. The fraction of sp³-hybridized carbons (Fsp3) is 0.750. The topological polar surface area (TPSA) is 63.9 Å². The largest absolute Gasteiger partial charge is 0.381 e. The Labute approximate surface area is 95.6 Å². The summed E-state index contributed by atoms with van der Waals surface area (Å²) >= 11 is 0. The van der Waals surface area contributed by atoms with E-state index in [1.807, 2.05) is 0 Å². The lowest BCUT2D eigenvalue weighted by Crippen LogP contribution is -2.22. The molecule has 2 aliphatic rings. The molecule has 3 rings (SSSR count). The molecule has 0 amide bonds. The number of H-pyrrole nitrogens is 1. The van der Waals surface area contributed by atoms with Crippen LogP contribution in [0.5, 0.6) is 0 Å². The molecule has 3 N–H and O–H groups in total. The summed E-state index contributed by atoms with van der Waals surface area (Å²) < 4.78 is 5.38. The van der Waals surface area contributed by atoms with Crippen molar-refractivity contribution in [1.29, 1.82) is 0 Å². The summed E-state index contributed by atoms with van der Waals surface area (Å²) in [6.45, 7) is 1.63. The highest BCUT2D eigenvalue weighted by atomic mass is 16.5. The van der Waals surface area contributed by atoms with Gasteiger partial charge in [0.15, 0.2) is 0 Å². The van der Waals surface area contributed by atoms with Crippen LogP contribution in [0.25, 0.3) is 0 Å². The van der Waals surface area contributed by atoms with Gasteiger partial charge in [0.1, 0.15) is 5.82 Å². The number of ether oxygens (including phenoxy) is 1. The van der Waals surface area contributed by atoms with Gasteiger partial charge in [0.2, 0.25) is 0 Å². The number of aromatic nitrogens is 2. The third kappa shape index (κ3) is 1.76. The quantitative estimate of drug-likeness (QED) is 0.791. The van der Waals surface area contributed by atoms with Gasteiger partial charge >= 0.3 is 0 Å². The van der Waals surface area contributed by atoms with Crippen molar-refractivity contribution in [2.75, 3.05) is 13.2 Å². The number of nitrogens with two attached hydrogens (primary N) is 1. The van der Waals surface area contributed by atoms with Gasteiger partial charge in [-0.25, -0.2) is 4.98 Å². The molecule has 0 spiro atoms. The summed E-state index contributed by atoms with van der Waals surface area (Å²) in [4.78, 5) is 8.08. The number of aromatic amines is 1. The molecule has 1 aliphatic heterocycles. The first-order valence-corrected chi connectivity index (χ1v) is 6.25. The molecule has 2 heterocycles. The van der Waals surface area contributed by atoms with Gasteiger partial charge in [-0.2, -0.15) is 0 Å². The molecule has 0 bridgehead atoms. The fourth-order valence-electron chi connectivity index (χ4n) is 2.69. The Morgan fingerprint density at radius 3 is 3.00 bits per heavy atom. The Bertz CT molecular complexity index is 345. The van der Waals surface area contributed by atoms with Gasteiger partial charge in [0.25, 0.3) is 0 Å². The number of nitrogens with one attached hydrogen (secondary N) is 1. The van der Waals surface area contributed by atoms with Crippen molar-refractivity contribution in [3.63, 3.8) is 0 Å². The number of fused-ring (bicyclic) bond motifs is 1. The minimum atomic E-state index is 0.0214. The number of nitrogens with zero attached hydrogens (tertiary/aromatic N) is 1. The van der Waals surface area contributed by atoms with E-state index in [1.165, 1.54) is 24.2 Å². The normalized spacial score (nSPS) is 26.7. The monoisotopic (exact) mass is 221 g/mol. The number of rotatable bonds is 2. The molecule has 1 aromatic rings. The van der Waals surface area contributed by atoms with Crippen molar-refractivity contribution in [2.45, 2.75) is 38.1 Å². The standard InChI is InChI=1S/C12H19N3O/c13-11(8-5-6-16-7-8)12-14-9-3-1-2-4-10(9)15-12/h8,11H,1-7,13H2,(H,14,15). The van der Waals surface area contributed by atoms with Gasteiger partial charge in [-0.15, -0.1) is 0 Å². The molecular formula is C12H19N3O. The van der Waals surface area contributed by atoms with Crippen LogP contribution in [0.4, 0.5) is 0 Å². The van der Waals surface area contributed by atoms with Crippen molar-refractivity contribution in [2.24, 2.45) is 11.7 Å². The van der Waals surface area contributed by atoms with Gasteiger partial charge in [-0.1, -0.05) is 0 Å². The van der Waals surface area contributed by atoms with E-state index < -0.39 is 0 Å². The van der Waals surface area contributed by atoms with Crippen LogP contribution in [-0.2, 0) is 17.6 Å². The minimum absolute atomic E-state index is 0.0214. The lowest BCUT2D eigenvalue weighted by Gasteiger charge is -2.14. The number of aryl methyl sites for hydroxylation is 2. The first-order chi connectivity index (χ1) is 7.84. The summed E-state index contributed by atoms with van der Waals surface area (Å²) in [6, 6.07) is 0.0214. The lowest BCUT2D eigenvalue weighted by atomic mass is 9.99. The highest BCUT2D eigenvalue weighted by Crippen LogP contribution is 2.27. The van der Waals surface area contributed by atoms with Crippen molar-refractivity contribution < 1.29 is 4.74 Å². The van der Waals surface area contributed by atoms with E-state index in [2.05, 4.69) is 9.97 Å². The Morgan fingerprint density at radius 2 is 2.25 bits per heavy atom. The fourth-order valence-corrected chi connectivity index (χ4v) is 2.69. The lowest BCUT2D eigenvalue weighted by molar-refractivity contribution is 0.180. The highest BCUT2D eigenvalue weighted by Gasteiger charge is 2.27. The molecular weight excluding hydrogens is 202 g/mol. The summed E-state index contributed by atoms with van der Waals surface area (Å²) in [6.07, 6.45) is 5.85. The second kappa shape index (κ2) is 4.18. The SMILES string of the molecule is NC(c1nc2c([nH]1)CCCC2)C1CCOC1. The zero-order valence-electron chi connectivity index (χ0n) is 9.54. The average Bonchev–Trinajstić information content (AvgIpc) is 2.97. The molecule has 2 unspecified atom stereocenters. The van der Waals surface area contributed by atoms with E-state index in [-0.39, 0.29) is 6.04 Å². The van der Waals surface area contributed by atoms with E-state index >= 15 is 0 Å². The van der Waals surface area contributed by atoms with Gasteiger partial charge < -0.3 is 15.5 Å². The van der Waals surface area contributed by atoms with Gasteiger partial charge in [-0.05, 0) is 32.1 Å². The van der Waals surface area contributed by atoms with Crippen molar-refractivity contribution in [3.8, 4) is 0 Å². The summed E-state index contributed by atoms with van der Waals surface area (Å²) in [7, 11) is 0. The summed E-state index contributed by atoms with van der Waals surface area (Å²) in [5, 5.41) is 0. The second-order valence-corrected chi connectivity index (χ2v) is 4.90. The molecule has 88 valence electrons. The molecule has 0 aromatic carbocycles. The molecule has 16 heavy (non-hydrogen) atoms. The van der Waals surface area contributed by atoms with E-state index in [4.69, 9.17) is 10.5 Å². The van der Waals surface area contributed by atoms with E-state index in [0.29, 0.717) is 5.92 Å². The van der Waals surface area contributed by atoms with Gasteiger partial charge in [0.05, 0.1) is 18.3 Å². The van der Waals surface area contributed by atoms with Crippen LogP contribution in [0, 0.1) is 5.92 Å². The van der Waals surface area contributed by atoms with Crippen molar-refractivity contribution >= 4 is 0 Å². The van der Waals surface area contributed by atoms with Crippen LogP contribution >= 0.6 is 0 Å². The predicted molar refractivity (Wildman–Crippen MR) is 61.1 cm³/mol. The zero-order chi connectivity index (χ0) is 11.0. The average molecular weight is 221 g/mol. The second-order valence-electron chi connectivity index (χ2n) is 4.90. The molecule has 1 aliphatic carbocycles. The Balaban J connectivity index is 1.80. The number of hydrogen-bond acceptors (Lipinski definition) is 3. The van der Waals surface area contributed by atoms with E-state index in [9.17, 15) is 0 Å². The number of hydrogen-bond donors (Lipinski definition) is 2. The third-order valence-corrected chi connectivity index (χ3v) is 3.76. The first kappa shape index (κ1) is 10.3. The maximum absolute atomic E-state index is 6.24. The number of imidazole rings is 1. The van der Waals surface area contributed by atoms with Gasteiger partial charge in [-0.3, -0.25) is 0 Å². The third-order valence-electron chi connectivity index (χ3n) is 3.76. The van der Waals surface area contributed by atoms with Crippen molar-refractivity contribution in [3.05, 3.63) is 17.2 Å². The van der Waals surface area contributed by atoms with Crippen LogP contribution in [0.2, 0.25) is 0 Å². The molecule has 0 saturated carbocycles. The van der Waals surface area contributed by atoms with Crippen LogP contribution in [0.3, 0.4) is 0 Å². The zero-order valence-corrected chi connectivity index (χ0v) is 9.54. The van der Waals surface area contributed by atoms with Gasteiger partial charge in [0, 0.05) is 18.2 Å². The van der Waals surface area contributed by atoms with Crippen molar-refractivity contribution in [1.82, 2.24) is 9.97 Å². The van der Waals surface area contributed by atoms with Crippen LogP contribution < -0.4 is 5.73 Å². The smallest absolute Gasteiger partial charge is 0.123 e. The van der Waals surface area contributed by atoms with E-state index in [0.717, 1.165) is 38.3 Å². The van der Waals surface area contributed by atoms with Crippen LogP contribution in [0.15, 0.2) is 0 Å². The Morgan fingerprint density at radius 1 is 1.38 bits per heavy atom. The van der Waals surface area contributed by atoms with Crippen LogP contribution in [-0.4, -0.2) is 23.2 Å². The maximum atomic E-state index is 6.24. The highest BCUT2D eigenvalue weighted by molar-refractivity contribution is 5.19. The maximum Gasteiger partial charge on any atom is 0.123 e. The Kier molecular flexibility index (Phi) is 2.69. The predicted octanol–water partition coefficient (Wildman–Crippen LogP) is 1.32. The molecule has 1 saturated heterocycles. The molecule has 4 heteroatoms. The molecule has 4 nitrogen and oxygen atoms in total. The molecule has 1 aromatic heterocycles. The Hall–Kier alpha value is -0.870. The van der Waals surface area contributed by atoms with E-state index in [1.54, 1.807) is 0 Å². The summed E-state index contributed by atoms with van der Waals surface area (Å²) in [5.74, 6) is 1.41. The first-order valence-electron chi connectivity index (χ1n) is 6.25. The molecule has 1 fully saturated rings. The molecule has 0 radical (unpaired) electrons. The van der Waals surface area contributed by atoms with Crippen LogP contribution in [0.1, 0.15) is 42.5 Å². The summed E-state index contributed by atoms with van der Waals surface area (Å²) in [5.41, 5.74) is 8.80.